The summed E-state index contributed by atoms with van der Waals surface area (Å²) in [5, 5.41) is 5.34. The number of morpholine rings is 1. The van der Waals surface area contributed by atoms with Crippen molar-refractivity contribution in [2.24, 2.45) is 5.92 Å². The standard InChI is InChI=1S/C12H15Cl2N3O2S/c13-12(14)5-9(12)10(18)16-11-15-8(7-20-11)6-17-1-3-19-4-2-17/h7,9H,1-6H2,(H,15,16,18). The van der Waals surface area contributed by atoms with Gasteiger partial charge in [0.05, 0.1) is 24.8 Å². The van der Waals surface area contributed by atoms with Gasteiger partial charge in [0.1, 0.15) is 4.33 Å². The van der Waals surface area contributed by atoms with Gasteiger partial charge in [-0.15, -0.1) is 34.5 Å². The Kier molecular flexibility index (Phi) is 4.19. The first-order chi connectivity index (χ1) is 9.54. The number of nitrogens with zero attached hydrogens (tertiary/aromatic N) is 2. The predicted octanol–water partition coefficient (Wildman–Crippen LogP) is 2.11. The lowest BCUT2D eigenvalue weighted by atomic mass is 10.3. The molecule has 1 aliphatic carbocycles. The topological polar surface area (TPSA) is 54.5 Å². The van der Waals surface area contributed by atoms with E-state index >= 15 is 0 Å². The zero-order valence-corrected chi connectivity index (χ0v) is 13.1. The van der Waals surface area contributed by atoms with Gasteiger partial charge in [-0.2, -0.15) is 0 Å². The Morgan fingerprint density at radius 1 is 1.55 bits per heavy atom. The monoisotopic (exact) mass is 335 g/mol. The maximum atomic E-state index is 11.8. The third kappa shape index (κ3) is 3.43. The Hall–Kier alpha value is -0.400. The van der Waals surface area contributed by atoms with Crippen LogP contribution in [0.4, 0.5) is 5.13 Å². The van der Waals surface area contributed by atoms with E-state index in [1.807, 2.05) is 5.38 Å². The van der Waals surface area contributed by atoms with Crippen LogP contribution in [0.25, 0.3) is 0 Å². The highest BCUT2D eigenvalue weighted by Gasteiger charge is 2.56. The van der Waals surface area contributed by atoms with Crippen molar-refractivity contribution < 1.29 is 9.53 Å². The van der Waals surface area contributed by atoms with Crippen LogP contribution in [0.2, 0.25) is 0 Å². The van der Waals surface area contributed by atoms with E-state index in [0.29, 0.717) is 11.6 Å². The van der Waals surface area contributed by atoms with Gasteiger partial charge in [0.25, 0.3) is 0 Å². The van der Waals surface area contributed by atoms with Crippen molar-refractivity contribution in [3.8, 4) is 0 Å². The van der Waals surface area contributed by atoms with Crippen LogP contribution in [0.1, 0.15) is 12.1 Å². The number of nitrogens with one attached hydrogen (secondary N) is 1. The number of aromatic nitrogens is 1. The van der Waals surface area contributed by atoms with E-state index in [-0.39, 0.29) is 11.8 Å². The van der Waals surface area contributed by atoms with Gasteiger partial charge in [0.15, 0.2) is 5.13 Å². The lowest BCUT2D eigenvalue weighted by Gasteiger charge is -2.25. The zero-order chi connectivity index (χ0) is 14.2. The number of amides is 1. The van der Waals surface area contributed by atoms with Crippen LogP contribution in [0, 0.1) is 5.92 Å². The lowest BCUT2D eigenvalue weighted by molar-refractivity contribution is -0.117. The van der Waals surface area contributed by atoms with E-state index in [9.17, 15) is 4.79 Å². The molecule has 1 N–H and O–H groups in total. The SMILES string of the molecule is O=C(Nc1nc(CN2CCOCC2)cs1)C1CC1(Cl)Cl. The van der Waals surface area contributed by atoms with E-state index in [4.69, 9.17) is 27.9 Å². The van der Waals surface area contributed by atoms with Gasteiger partial charge in [0.2, 0.25) is 5.91 Å². The second kappa shape index (κ2) is 5.77. The molecule has 1 unspecified atom stereocenters. The molecule has 1 aromatic heterocycles. The molecule has 1 saturated carbocycles. The van der Waals surface area contributed by atoms with Crippen LogP contribution < -0.4 is 5.32 Å². The van der Waals surface area contributed by atoms with Crippen LogP contribution in [0.15, 0.2) is 5.38 Å². The number of ether oxygens (including phenoxy) is 1. The Balaban J connectivity index is 1.53. The fourth-order valence-corrected chi connectivity index (χ4v) is 3.33. The molecule has 1 atom stereocenters. The lowest BCUT2D eigenvalue weighted by Crippen LogP contribution is -2.35. The summed E-state index contributed by atoms with van der Waals surface area (Å²) < 4.78 is 4.42. The van der Waals surface area contributed by atoms with Crippen LogP contribution in [-0.4, -0.2) is 46.4 Å². The van der Waals surface area contributed by atoms with Crippen molar-refractivity contribution in [1.82, 2.24) is 9.88 Å². The van der Waals surface area contributed by atoms with Crippen LogP contribution in [-0.2, 0) is 16.1 Å². The first-order valence-electron chi connectivity index (χ1n) is 6.48. The molecular weight excluding hydrogens is 321 g/mol. The summed E-state index contributed by atoms with van der Waals surface area (Å²) in [6.45, 7) is 4.16. The average molecular weight is 336 g/mol. The molecule has 0 bridgehead atoms. The number of rotatable bonds is 4. The summed E-state index contributed by atoms with van der Waals surface area (Å²) in [5.74, 6) is -0.473. The molecule has 5 nitrogen and oxygen atoms in total. The molecule has 2 heterocycles. The quantitative estimate of drug-likeness (QED) is 0.856. The number of hydrogen-bond acceptors (Lipinski definition) is 5. The number of anilines is 1. The summed E-state index contributed by atoms with van der Waals surface area (Å²) in [6, 6.07) is 0. The van der Waals surface area contributed by atoms with Crippen molar-refractivity contribution in [2.75, 3.05) is 31.6 Å². The molecule has 0 radical (unpaired) electrons. The Morgan fingerprint density at radius 3 is 2.90 bits per heavy atom. The zero-order valence-electron chi connectivity index (χ0n) is 10.8. The van der Waals surface area contributed by atoms with Gasteiger partial charge in [-0.1, -0.05) is 0 Å². The first-order valence-corrected chi connectivity index (χ1v) is 8.11. The van der Waals surface area contributed by atoms with Gasteiger partial charge in [-0.05, 0) is 6.42 Å². The van der Waals surface area contributed by atoms with Gasteiger partial charge in [-0.3, -0.25) is 9.69 Å². The molecule has 110 valence electrons. The van der Waals surface area contributed by atoms with Crippen molar-refractivity contribution in [1.29, 1.82) is 0 Å². The Morgan fingerprint density at radius 2 is 2.25 bits per heavy atom. The molecule has 1 amide bonds. The fraction of sp³-hybridized carbons (Fsp3) is 0.667. The molecule has 3 rings (SSSR count). The maximum Gasteiger partial charge on any atom is 0.232 e. The first kappa shape index (κ1) is 14.5. The van der Waals surface area contributed by atoms with E-state index in [2.05, 4.69) is 15.2 Å². The summed E-state index contributed by atoms with van der Waals surface area (Å²) in [7, 11) is 0. The second-order valence-corrected chi connectivity index (χ2v) is 7.44. The molecule has 0 aromatic carbocycles. The predicted molar refractivity (Wildman–Crippen MR) is 79.4 cm³/mol. The molecule has 8 heteroatoms. The van der Waals surface area contributed by atoms with Gasteiger partial charge >= 0.3 is 0 Å². The molecule has 1 aromatic rings. The number of hydrogen-bond donors (Lipinski definition) is 1. The minimum absolute atomic E-state index is 0.151. The van der Waals surface area contributed by atoms with E-state index < -0.39 is 4.33 Å². The number of carbonyl (C=O) groups is 1. The summed E-state index contributed by atoms with van der Waals surface area (Å²) >= 11 is 13.2. The fourth-order valence-electron chi connectivity index (χ4n) is 2.12. The minimum Gasteiger partial charge on any atom is -0.379 e. The average Bonchev–Trinajstić information content (AvgIpc) is 2.84. The number of alkyl halides is 2. The van der Waals surface area contributed by atoms with Gasteiger partial charge < -0.3 is 10.1 Å². The highest BCUT2D eigenvalue weighted by atomic mass is 35.5. The maximum absolute atomic E-state index is 11.8. The minimum atomic E-state index is -0.891. The Bertz CT molecular complexity index is 503. The molecular formula is C12H15Cl2N3O2S. The molecule has 20 heavy (non-hydrogen) atoms. The molecule has 2 fully saturated rings. The smallest absolute Gasteiger partial charge is 0.232 e. The number of carbonyl (C=O) groups excluding carboxylic acids is 1. The normalized spacial score (nSPS) is 25.4. The molecule has 2 aliphatic rings. The van der Waals surface area contributed by atoms with Gasteiger partial charge in [0, 0.05) is 25.0 Å². The van der Waals surface area contributed by atoms with Crippen molar-refractivity contribution >= 4 is 45.6 Å². The van der Waals surface area contributed by atoms with Crippen LogP contribution in [0.3, 0.4) is 0 Å². The highest BCUT2D eigenvalue weighted by Crippen LogP contribution is 2.53. The van der Waals surface area contributed by atoms with Crippen molar-refractivity contribution in [2.45, 2.75) is 17.3 Å². The molecule has 1 saturated heterocycles. The Labute approximate surface area is 131 Å². The summed E-state index contributed by atoms with van der Waals surface area (Å²) in [5.41, 5.74) is 0.964. The van der Waals surface area contributed by atoms with E-state index in [1.165, 1.54) is 11.3 Å². The van der Waals surface area contributed by atoms with Gasteiger partial charge in [-0.25, -0.2) is 4.98 Å². The number of thiazole rings is 1. The van der Waals surface area contributed by atoms with Crippen LogP contribution in [0.5, 0.6) is 0 Å². The molecule has 0 spiro atoms. The van der Waals surface area contributed by atoms with Crippen LogP contribution >= 0.6 is 34.5 Å². The largest absolute Gasteiger partial charge is 0.379 e. The summed E-state index contributed by atoms with van der Waals surface area (Å²) in [4.78, 5) is 18.6. The third-order valence-electron chi connectivity index (χ3n) is 3.41. The number of halogens is 2. The van der Waals surface area contributed by atoms with Crippen molar-refractivity contribution in [3.05, 3.63) is 11.1 Å². The van der Waals surface area contributed by atoms with Crippen molar-refractivity contribution in [3.63, 3.8) is 0 Å². The molecule has 1 aliphatic heterocycles. The van der Waals surface area contributed by atoms with E-state index in [0.717, 1.165) is 38.5 Å². The second-order valence-electron chi connectivity index (χ2n) is 5.04. The highest BCUT2D eigenvalue weighted by molar-refractivity contribution is 7.13. The summed E-state index contributed by atoms with van der Waals surface area (Å²) in [6.07, 6.45) is 0.508. The third-order valence-corrected chi connectivity index (χ3v) is 5.06. The van der Waals surface area contributed by atoms with E-state index in [1.54, 1.807) is 0 Å².